The summed E-state index contributed by atoms with van der Waals surface area (Å²) in [4.78, 5) is 7.91. The first-order chi connectivity index (χ1) is 4.70. The highest BCUT2D eigenvalue weighted by atomic mass is 31.1. The van der Waals surface area contributed by atoms with Gasteiger partial charge < -0.3 is 4.57 Å². The molecule has 0 saturated heterocycles. The molecule has 1 unspecified atom stereocenters. The van der Waals surface area contributed by atoms with Crippen LogP contribution in [-0.2, 0) is 4.57 Å². The Morgan fingerprint density at radius 1 is 1.50 bits per heavy atom. The first-order valence-electron chi connectivity index (χ1n) is 3.00. The van der Waals surface area contributed by atoms with Gasteiger partial charge in [0.25, 0.3) is 0 Å². The number of aryl methyl sites for hydroxylation is 1. The molecule has 0 N–H and O–H groups in total. The summed E-state index contributed by atoms with van der Waals surface area (Å²) in [6, 6.07) is 0. The summed E-state index contributed by atoms with van der Waals surface area (Å²) in [5.41, 5.74) is 1.43. The third kappa shape index (κ3) is 1.64. The summed E-state index contributed by atoms with van der Waals surface area (Å²) >= 11 is 0. The first kappa shape index (κ1) is 7.42. The van der Waals surface area contributed by atoms with E-state index in [1.807, 2.05) is 6.92 Å². The van der Waals surface area contributed by atoms with Crippen LogP contribution in [0.3, 0.4) is 0 Å². The van der Waals surface area contributed by atoms with Gasteiger partial charge in [-0.15, -0.1) is 0 Å². The third-order valence-electron chi connectivity index (χ3n) is 1.12. The molecule has 0 amide bonds. The molecule has 0 aliphatic carbocycles. The zero-order valence-corrected chi connectivity index (χ0v) is 6.96. The Hall–Kier alpha value is -0.690. The molecule has 0 bridgehead atoms. The SMILES string of the molecule is Cc1cncc([PH](C)=O)n1. The van der Waals surface area contributed by atoms with Crippen LogP contribution < -0.4 is 5.44 Å². The van der Waals surface area contributed by atoms with Crippen LogP contribution in [0.5, 0.6) is 0 Å². The Morgan fingerprint density at radius 2 is 2.20 bits per heavy atom. The van der Waals surface area contributed by atoms with Crippen molar-refractivity contribution in [3.05, 3.63) is 18.1 Å². The standard InChI is InChI=1S/C6H9N2OP/c1-5-3-7-4-6(8-5)10(2)9/h3-4,10H,1-2H3. The van der Waals surface area contributed by atoms with Crippen molar-refractivity contribution in [3.63, 3.8) is 0 Å². The second-order valence-corrected chi connectivity index (χ2v) is 3.73. The molecule has 1 atom stereocenters. The van der Waals surface area contributed by atoms with Gasteiger partial charge in [-0.25, -0.2) is 4.98 Å². The molecule has 0 aromatic carbocycles. The Bertz CT molecular complexity index is 262. The maximum atomic E-state index is 10.9. The molecule has 1 heterocycles. The Kier molecular flexibility index (Phi) is 2.17. The van der Waals surface area contributed by atoms with E-state index >= 15 is 0 Å². The van der Waals surface area contributed by atoms with Gasteiger partial charge in [0.15, 0.2) is 0 Å². The minimum atomic E-state index is -1.66. The van der Waals surface area contributed by atoms with Gasteiger partial charge in [0.05, 0.1) is 11.9 Å². The molecule has 10 heavy (non-hydrogen) atoms. The van der Waals surface area contributed by atoms with Crippen LogP contribution >= 0.6 is 7.80 Å². The normalized spacial score (nSPS) is 13.0. The summed E-state index contributed by atoms with van der Waals surface area (Å²) < 4.78 is 10.9. The van der Waals surface area contributed by atoms with Crippen LogP contribution in [0.25, 0.3) is 0 Å². The van der Waals surface area contributed by atoms with Crippen molar-refractivity contribution < 1.29 is 4.57 Å². The average molecular weight is 156 g/mol. The smallest absolute Gasteiger partial charge is 0.120 e. The van der Waals surface area contributed by atoms with Crippen molar-refractivity contribution in [1.29, 1.82) is 0 Å². The highest BCUT2D eigenvalue weighted by Gasteiger charge is 1.97. The fraction of sp³-hybridized carbons (Fsp3) is 0.333. The fourth-order valence-electron chi connectivity index (χ4n) is 0.633. The lowest BCUT2D eigenvalue weighted by atomic mass is 10.5. The van der Waals surface area contributed by atoms with E-state index in [4.69, 9.17) is 0 Å². The molecule has 0 saturated carbocycles. The summed E-state index contributed by atoms with van der Waals surface area (Å²) in [6.07, 6.45) is 3.20. The summed E-state index contributed by atoms with van der Waals surface area (Å²) in [6.45, 7) is 3.50. The van der Waals surface area contributed by atoms with Gasteiger partial charge in [-0.05, 0) is 13.6 Å². The molecule has 54 valence electrons. The Morgan fingerprint density at radius 3 is 2.60 bits per heavy atom. The zero-order chi connectivity index (χ0) is 7.56. The minimum absolute atomic E-state index is 0.616. The fourth-order valence-corrected chi connectivity index (χ4v) is 1.22. The number of aromatic nitrogens is 2. The van der Waals surface area contributed by atoms with Crippen LogP contribution in [0.1, 0.15) is 5.69 Å². The van der Waals surface area contributed by atoms with Crippen LogP contribution in [0, 0.1) is 6.92 Å². The van der Waals surface area contributed by atoms with Crippen LogP contribution in [0.15, 0.2) is 12.4 Å². The number of hydrogen-bond acceptors (Lipinski definition) is 3. The lowest BCUT2D eigenvalue weighted by Gasteiger charge is -1.94. The highest BCUT2D eigenvalue weighted by molar-refractivity contribution is 7.52. The van der Waals surface area contributed by atoms with Gasteiger partial charge in [-0.1, -0.05) is 0 Å². The number of rotatable bonds is 1. The molecular formula is C6H9N2OP. The van der Waals surface area contributed by atoms with Crippen LogP contribution in [-0.4, -0.2) is 16.6 Å². The van der Waals surface area contributed by atoms with Crippen molar-refractivity contribution in [1.82, 2.24) is 9.97 Å². The van der Waals surface area contributed by atoms with E-state index in [0.29, 0.717) is 5.44 Å². The molecule has 0 aliphatic rings. The van der Waals surface area contributed by atoms with Crippen LogP contribution in [0.4, 0.5) is 0 Å². The molecule has 1 rings (SSSR count). The predicted octanol–water partition coefficient (Wildman–Crippen LogP) is 0.600. The van der Waals surface area contributed by atoms with Gasteiger partial charge in [0, 0.05) is 6.20 Å². The number of hydrogen-bond donors (Lipinski definition) is 0. The largest absolute Gasteiger partial charge is 0.321 e. The molecule has 0 radical (unpaired) electrons. The molecule has 0 spiro atoms. The third-order valence-corrected chi connectivity index (χ3v) is 2.08. The quantitative estimate of drug-likeness (QED) is 0.559. The van der Waals surface area contributed by atoms with Gasteiger partial charge in [-0.3, -0.25) is 4.98 Å². The van der Waals surface area contributed by atoms with E-state index in [1.54, 1.807) is 19.1 Å². The molecule has 4 heteroatoms. The van der Waals surface area contributed by atoms with Crippen molar-refractivity contribution in [2.75, 3.05) is 6.66 Å². The van der Waals surface area contributed by atoms with Gasteiger partial charge in [-0.2, -0.15) is 0 Å². The highest BCUT2D eigenvalue weighted by Crippen LogP contribution is 2.09. The predicted molar refractivity (Wildman–Crippen MR) is 41.3 cm³/mol. The maximum absolute atomic E-state index is 10.9. The average Bonchev–Trinajstić information content (AvgIpc) is 1.88. The molecule has 0 fully saturated rings. The van der Waals surface area contributed by atoms with E-state index in [9.17, 15) is 4.57 Å². The second-order valence-electron chi connectivity index (χ2n) is 2.10. The molecular weight excluding hydrogens is 147 g/mol. The van der Waals surface area contributed by atoms with E-state index < -0.39 is 7.80 Å². The lowest BCUT2D eigenvalue weighted by Crippen LogP contribution is -2.04. The Balaban J connectivity index is 3.07. The van der Waals surface area contributed by atoms with E-state index in [1.165, 1.54) is 0 Å². The molecule has 0 aliphatic heterocycles. The molecule has 3 nitrogen and oxygen atoms in total. The lowest BCUT2D eigenvalue weighted by molar-refractivity contribution is 0.595. The van der Waals surface area contributed by atoms with Gasteiger partial charge >= 0.3 is 0 Å². The maximum Gasteiger partial charge on any atom is 0.120 e. The van der Waals surface area contributed by atoms with Gasteiger partial charge in [0.2, 0.25) is 0 Å². The van der Waals surface area contributed by atoms with Crippen molar-refractivity contribution in [2.45, 2.75) is 6.92 Å². The molecule has 1 aromatic heterocycles. The molecule has 1 aromatic rings. The van der Waals surface area contributed by atoms with Crippen LogP contribution in [0.2, 0.25) is 0 Å². The van der Waals surface area contributed by atoms with Crippen molar-refractivity contribution >= 4 is 13.2 Å². The summed E-state index contributed by atoms with van der Waals surface area (Å²) in [5.74, 6) is 0. The second kappa shape index (κ2) is 2.93. The van der Waals surface area contributed by atoms with Crippen molar-refractivity contribution in [3.8, 4) is 0 Å². The Labute approximate surface area is 60.3 Å². The van der Waals surface area contributed by atoms with Gasteiger partial charge in [0.1, 0.15) is 13.2 Å². The monoisotopic (exact) mass is 156 g/mol. The summed E-state index contributed by atoms with van der Waals surface area (Å²) in [7, 11) is -1.66. The summed E-state index contributed by atoms with van der Waals surface area (Å²) in [5, 5.41) is 0. The zero-order valence-electron chi connectivity index (χ0n) is 5.96. The minimum Gasteiger partial charge on any atom is -0.321 e. The van der Waals surface area contributed by atoms with E-state index in [0.717, 1.165) is 5.69 Å². The topological polar surface area (TPSA) is 42.9 Å². The number of nitrogens with zero attached hydrogens (tertiary/aromatic N) is 2. The van der Waals surface area contributed by atoms with E-state index in [-0.39, 0.29) is 0 Å². The van der Waals surface area contributed by atoms with Crippen molar-refractivity contribution in [2.24, 2.45) is 0 Å². The first-order valence-corrected chi connectivity index (χ1v) is 4.90. The van der Waals surface area contributed by atoms with E-state index in [2.05, 4.69) is 9.97 Å².